The van der Waals surface area contributed by atoms with Gasteiger partial charge in [0.05, 0.1) is 30.3 Å². The van der Waals surface area contributed by atoms with Crippen molar-refractivity contribution in [2.45, 2.75) is 18.9 Å². The van der Waals surface area contributed by atoms with Gasteiger partial charge in [-0.2, -0.15) is 0 Å². The number of aliphatic hydroxyl groups excluding tert-OH is 1. The highest BCUT2D eigenvalue weighted by molar-refractivity contribution is 5.97. The third kappa shape index (κ3) is 2.88. The summed E-state index contributed by atoms with van der Waals surface area (Å²) in [5.41, 5.74) is 0.150. The number of methoxy groups -OCH3 is 1. The van der Waals surface area contributed by atoms with Crippen LogP contribution in [-0.4, -0.2) is 47.1 Å². The summed E-state index contributed by atoms with van der Waals surface area (Å²) in [7, 11) is 1.36. The molecule has 1 saturated carbocycles. The molecule has 1 aliphatic carbocycles. The van der Waals surface area contributed by atoms with Crippen molar-refractivity contribution in [3.63, 3.8) is 0 Å². The molecule has 0 heterocycles. The number of aliphatic hydroxyl groups is 1. The molecule has 1 aromatic rings. The van der Waals surface area contributed by atoms with E-state index < -0.39 is 4.92 Å². The van der Waals surface area contributed by atoms with Gasteiger partial charge in [-0.25, -0.2) is 0 Å². The third-order valence-electron chi connectivity index (χ3n) is 3.22. The Kier molecular flexibility index (Phi) is 4.19. The van der Waals surface area contributed by atoms with Crippen molar-refractivity contribution in [3.8, 4) is 5.75 Å². The van der Waals surface area contributed by atoms with Gasteiger partial charge in [-0.1, -0.05) is 0 Å². The van der Waals surface area contributed by atoms with E-state index in [0.717, 1.165) is 12.8 Å². The molecule has 0 saturated heterocycles. The summed E-state index contributed by atoms with van der Waals surface area (Å²) in [6, 6.07) is 4.05. The molecule has 20 heavy (non-hydrogen) atoms. The van der Waals surface area contributed by atoms with E-state index in [1.54, 1.807) is 4.90 Å². The van der Waals surface area contributed by atoms with E-state index in [0.29, 0.717) is 0 Å². The summed E-state index contributed by atoms with van der Waals surface area (Å²) in [4.78, 5) is 24.2. The Hall–Kier alpha value is -2.15. The standard InChI is InChI=1S/C13H16N2O5/c1-20-12-8-10(15(18)19)4-5-11(12)13(17)14(6-7-16)9-2-3-9/h4-5,8-9,16H,2-3,6-7H2,1H3. The molecule has 7 heteroatoms. The summed E-state index contributed by atoms with van der Waals surface area (Å²) in [5.74, 6) is -0.0962. The summed E-state index contributed by atoms with van der Waals surface area (Å²) in [5, 5.41) is 19.8. The Labute approximate surface area is 115 Å². The lowest BCUT2D eigenvalue weighted by Crippen LogP contribution is -2.35. The summed E-state index contributed by atoms with van der Waals surface area (Å²) < 4.78 is 5.07. The molecular weight excluding hydrogens is 264 g/mol. The topological polar surface area (TPSA) is 92.9 Å². The first-order valence-electron chi connectivity index (χ1n) is 6.32. The molecule has 0 bridgehead atoms. The second-order valence-corrected chi connectivity index (χ2v) is 4.60. The van der Waals surface area contributed by atoms with E-state index in [2.05, 4.69) is 0 Å². The average Bonchev–Trinajstić information content (AvgIpc) is 3.27. The maximum atomic E-state index is 12.4. The van der Waals surface area contributed by atoms with E-state index in [1.165, 1.54) is 25.3 Å². The normalized spacial score (nSPS) is 13.9. The van der Waals surface area contributed by atoms with Crippen LogP contribution in [0.3, 0.4) is 0 Å². The minimum absolute atomic E-state index is 0.114. The number of ether oxygens (including phenoxy) is 1. The maximum absolute atomic E-state index is 12.4. The first-order chi connectivity index (χ1) is 9.58. The highest BCUT2D eigenvalue weighted by Gasteiger charge is 2.33. The average molecular weight is 280 g/mol. The van der Waals surface area contributed by atoms with Crippen molar-refractivity contribution >= 4 is 11.6 Å². The molecular formula is C13H16N2O5. The number of nitrogens with zero attached hydrogens (tertiary/aromatic N) is 2. The number of hydrogen-bond acceptors (Lipinski definition) is 5. The van der Waals surface area contributed by atoms with Crippen LogP contribution in [0.2, 0.25) is 0 Å². The molecule has 0 radical (unpaired) electrons. The van der Waals surface area contributed by atoms with Gasteiger partial charge in [0.2, 0.25) is 0 Å². The molecule has 1 aliphatic rings. The molecule has 0 unspecified atom stereocenters. The van der Waals surface area contributed by atoms with Crippen LogP contribution in [0.5, 0.6) is 5.75 Å². The summed E-state index contributed by atoms with van der Waals surface area (Å²) in [6.07, 6.45) is 1.84. The van der Waals surface area contributed by atoms with Gasteiger partial charge in [-0.05, 0) is 18.9 Å². The molecule has 0 aromatic heterocycles. The van der Waals surface area contributed by atoms with Crippen molar-refractivity contribution in [2.24, 2.45) is 0 Å². The zero-order valence-electron chi connectivity index (χ0n) is 11.1. The molecule has 1 N–H and O–H groups in total. The lowest BCUT2D eigenvalue weighted by Gasteiger charge is -2.22. The fraction of sp³-hybridized carbons (Fsp3) is 0.462. The molecule has 0 spiro atoms. The van der Waals surface area contributed by atoms with Crippen molar-refractivity contribution in [1.82, 2.24) is 4.90 Å². The Morgan fingerprint density at radius 1 is 1.55 bits per heavy atom. The fourth-order valence-corrected chi connectivity index (χ4v) is 2.07. The van der Waals surface area contributed by atoms with Gasteiger partial charge in [0.15, 0.2) is 0 Å². The van der Waals surface area contributed by atoms with Gasteiger partial charge in [-0.3, -0.25) is 14.9 Å². The largest absolute Gasteiger partial charge is 0.496 e. The zero-order valence-corrected chi connectivity index (χ0v) is 11.1. The smallest absolute Gasteiger partial charge is 0.273 e. The number of amides is 1. The summed E-state index contributed by atoms with van der Waals surface area (Å²) in [6.45, 7) is 0.140. The van der Waals surface area contributed by atoms with Gasteiger partial charge < -0.3 is 14.7 Å². The highest BCUT2D eigenvalue weighted by Crippen LogP contribution is 2.31. The van der Waals surface area contributed by atoms with E-state index in [-0.39, 0.29) is 42.1 Å². The number of nitro benzene ring substituents is 1. The van der Waals surface area contributed by atoms with Crippen LogP contribution in [0.1, 0.15) is 23.2 Å². The first-order valence-corrected chi connectivity index (χ1v) is 6.32. The number of non-ortho nitro benzene ring substituents is 1. The molecule has 0 atom stereocenters. The van der Waals surface area contributed by atoms with Gasteiger partial charge in [0.25, 0.3) is 11.6 Å². The maximum Gasteiger partial charge on any atom is 0.273 e. The molecule has 1 amide bonds. The van der Waals surface area contributed by atoms with Crippen molar-refractivity contribution in [2.75, 3.05) is 20.3 Å². The fourth-order valence-electron chi connectivity index (χ4n) is 2.07. The molecule has 108 valence electrons. The molecule has 0 aliphatic heterocycles. The molecule has 2 rings (SSSR count). The minimum Gasteiger partial charge on any atom is -0.496 e. The Morgan fingerprint density at radius 2 is 2.25 bits per heavy atom. The van der Waals surface area contributed by atoms with Crippen LogP contribution in [0, 0.1) is 10.1 Å². The van der Waals surface area contributed by atoms with E-state index in [4.69, 9.17) is 9.84 Å². The molecule has 1 fully saturated rings. The monoisotopic (exact) mass is 280 g/mol. The van der Waals surface area contributed by atoms with Crippen LogP contribution in [0.25, 0.3) is 0 Å². The van der Waals surface area contributed by atoms with Gasteiger partial charge >= 0.3 is 0 Å². The first kappa shape index (κ1) is 14.3. The number of carbonyl (C=O) groups excluding carboxylic acids is 1. The van der Waals surface area contributed by atoms with E-state index in [1.807, 2.05) is 0 Å². The number of benzene rings is 1. The number of nitro groups is 1. The Bertz CT molecular complexity index is 527. The Morgan fingerprint density at radius 3 is 2.75 bits per heavy atom. The number of rotatable bonds is 6. The second kappa shape index (κ2) is 5.87. The van der Waals surface area contributed by atoms with Gasteiger partial charge in [0, 0.05) is 18.7 Å². The van der Waals surface area contributed by atoms with Crippen molar-refractivity contribution in [3.05, 3.63) is 33.9 Å². The lowest BCUT2D eigenvalue weighted by atomic mass is 10.1. The predicted molar refractivity (Wildman–Crippen MR) is 70.8 cm³/mol. The third-order valence-corrected chi connectivity index (χ3v) is 3.22. The number of hydrogen-bond donors (Lipinski definition) is 1. The second-order valence-electron chi connectivity index (χ2n) is 4.60. The van der Waals surface area contributed by atoms with Crippen LogP contribution in [-0.2, 0) is 0 Å². The SMILES string of the molecule is COc1cc([N+](=O)[O-])ccc1C(=O)N(CCO)C1CC1. The molecule has 1 aromatic carbocycles. The Balaban J connectivity index is 2.30. The van der Waals surface area contributed by atoms with Crippen molar-refractivity contribution in [1.29, 1.82) is 0 Å². The van der Waals surface area contributed by atoms with Crippen LogP contribution in [0.4, 0.5) is 5.69 Å². The molecule has 7 nitrogen and oxygen atoms in total. The predicted octanol–water partition coefficient (Wildman–Crippen LogP) is 1.20. The van der Waals surface area contributed by atoms with Gasteiger partial charge in [0.1, 0.15) is 5.75 Å². The lowest BCUT2D eigenvalue weighted by molar-refractivity contribution is -0.384. The van der Waals surface area contributed by atoms with Crippen LogP contribution < -0.4 is 4.74 Å². The van der Waals surface area contributed by atoms with Gasteiger partial charge in [-0.15, -0.1) is 0 Å². The van der Waals surface area contributed by atoms with Crippen molar-refractivity contribution < 1.29 is 19.6 Å². The summed E-state index contributed by atoms with van der Waals surface area (Å²) >= 11 is 0. The van der Waals surface area contributed by atoms with Crippen LogP contribution >= 0.6 is 0 Å². The quantitative estimate of drug-likeness (QED) is 0.624. The van der Waals surface area contributed by atoms with E-state index >= 15 is 0 Å². The zero-order chi connectivity index (χ0) is 14.7. The van der Waals surface area contributed by atoms with Crippen LogP contribution in [0.15, 0.2) is 18.2 Å². The minimum atomic E-state index is -0.539. The number of carbonyl (C=O) groups is 1. The van der Waals surface area contributed by atoms with E-state index in [9.17, 15) is 14.9 Å². The highest BCUT2D eigenvalue weighted by atomic mass is 16.6.